The van der Waals surface area contributed by atoms with Crippen LogP contribution in [0.25, 0.3) is 22.6 Å². The van der Waals surface area contributed by atoms with E-state index in [-0.39, 0.29) is 11.6 Å². The Balaban J connectivity index is 1.59. The topological polar surface area (TPSA) is 105 Å². The Kier molecular flexibility index (Phi) is 4.53. The largest absolute Gasteiger partial charge is 0.440 e. The summed E-state index contributed by atoms with van der Waals surface area (Å²) in [4.78, 5) is 7.47. The van der Waals surface area contributed by atoms with Crippen LogP contribution in [0, 0.1) is 13.8 Å². The number of H-pyrrole nitrogens is 1. The molecule has 0 aliphatic carbocycles. The lowest BCUT2D eigenvalue weighted by Gasteiger charge is -2.13. The Bertz CT molecular complexity index is 1270. The summed E-state index contributed by atoms with van der Waals surface area (Å²) >= 11 is 5.97. The van der Waals surface area contributed by atoms with E-state index in [1.54, 1.807) is 31.2 Å². The molecule has 0 aliphatic rings. The van der Waals surface area contributed by atoms with Crippen molar-refractivity contribution < 1.29 is 17.4 Å². The smallest absolute Gasteiger partial charge is 0.276 e. The highest BCUT2D eigenvalue weighted by molar-refractivity contribution is 7.88. The monoisotopic (exact) mass is 420 g/mol. The van der Waals surface area contributed by atoms with Crippen LogP contribution in [0.2, 0.25) is 5.02 Å². The number of aryl methyl sites for hydroxylation is 1. The third kappa shape index (κ3) is 3.21. The average molecular weight is 421 g/mol. The van der Waals surface area contributed by atoms with Gasteiger partial charge in [0.15, 0.2) is 5.76 Å². The first-order valence-electron chi connectivity index (χ1n) is 8.39. The SMILES string of the molecule is Cc1noc(-c2ccc(S(=O)(=O)N(C)Cc3nc4ccc(Cl)cc4[nH]3)o2)c1C. The van der Waals surface area contributed by atoms with E-state index in [0.717, 1.165) is 21.1 Å². The van der Waals surface area contributed by atoms with Gasteiger partial charge in [-0.25, -0.2) is 13.4 Å². The first-order valence-corrected chi connectivity index (χ1v) is 10.2. The lowest BCUT2D eigenvalue weighted by Crippen LogP contribution is -2.26. The molecule has 0 amide bonds. The van der Waals surface area contributed by atoms with Crippen LogP contribution in [0.5, 0.6) is 0 Å². The molecule has 0 aliphatic heterocycles. The zero-order valence-corrected chi connectivity index (χ0v) is 16.9. The molecule has 4 aromatic rings. The molecule has 0 bridgehead atoms. The van der Waals surface area contributed by atoms with Gasteiger partial charge in [-0.3, -0.25) is 0 Å². The molecule has 0 atom stereocenters. The molecular weight excluding hydrogens is 404 g/mol. The fourth-order valence-corrected chi connectivity index (χ4v) is 3.99. The van der Waals surface area contributed by atoms with E-state index < -0.39 is 10.0 Å². The van der Waals surface area contributed by atoms with Gasteiger partial charge in [0, 0.05) is 17.6 Å². The van der Waals surface area contributed by atoms with Gasteiger partial charge in [0.2, 0.25) is 10.9 Å². The van der Waals surface area contributed by atoms with E-state index in [2.05, 4.69) is 15.1 Å². The highest BCUT2D eigenvalue weighted by Gasteiger charge is 2.27. The zero-order valence-electron chi connectivity index (χ0n) is 15.4. The van der Waals surface area contributed by atoms with Crippen molar-refractivity contribution in [3.8, 4) is 11.5 Å². The Labute approximate surface area is 166 Å². The molecule has 28 heavy (non-hydrogen) atoms. The lowest BCUT2D eigenvalue weighted by atomic mass is 10.2. The number of imidazole rings is 1. The lowest BCUT2D eigenvalue weighted by molar-refractivity contribution is 0.385. The summed E-state index contributed by atoms with van der Waals surface area (Å²) in [6.07, 6.45) is 0. The molecule has 146 valence electrons. The number of hydrogen-bond donors (Lipinski definition) is 1. The van der Waals surface area contributed by atoms with Crippen LogP contribution >= 0.6 is 11.6 Å². The molecule has 0 unspecified atom stereocenters. The maximum absolute atomic E-state index is 12.9. The molecule has 1 aromatic carbocycles. The minimum absolute atomic E-state index is 0.0467. The number of hydrogen-bond acceptors (Lipinski definition) is 6. The number of nitrogens with one attached hydrogen (secondary N) is 1. The van der Waals surface area contributed by atoms with Crippen LogP contribution in [-0.4, -0.2) is 34.9 Å². The van der Waals surface area contributed by atoms with Crippen molar-refractivity contribution in [1.82, 2.24) is 19.4 Å². The molecule has 0 saturated carbocycles. The fourth-order valence-electron chi connectivity index (χ4n) is 2.78. The number of nitrogens with zero attached hydrogens (tertiary/aromatic N) is 3. The number of aromatic amines is 1. The van der Waals surface area contributed by atoms with Crippen LogP contribution in [-0.2, 0) is 16.6 Å². The molecule has 0 radical (unpaired) electrons. The number of furan rings is 1. The third-order valence-corrected chi connectivity index (χ3v) is 6.40. The van der Waals surface area contributed by atoms with Gasteiger partial charge in [0.05, 0.1) is 23.3 Å². The van der Waals surface area contributed by atoms with Gasteiger partial charge in [0.25, 0.3) is 10.0 Å². The van der Waals surface area contributed by atoms with Crippen molar-refractivity contribution in [1.29, 1.82) is 0 Å². The summed E-state index contributed by atoms with van der Waals surface area (Å²) in [6, 6.07) is 8.19. The second-order valence-electron chi connectivity index (χ2n) is 6.45. The van der Waals surface area contributed by atoms with Crippen molar-refractivity contribution in [2.45, 2.75) is 25.5 Å². The molecule has 0 spiro atoms. The van der Waals surface area contributed by atoms with E-state index in [1.807, 2.05) is 6.92 Å². The highest BCUT2D eigenvalue weighted by Crippen LogP contribution is 2.30. The van der Waals surface area contributed by atoms with E-state index in [1.165, 1.54) is 13.1 Å². The Hall–Kier alpha value is -2.62. The Morgan fingerprint density at radius 1 is 1.21 bits per heavy atom. The maximum atomic E-state index is 12.9. The quantitative estimate of drug-likeness (QED) is 0.524. The van der Waals surface area contributed by atoms with Crippen LogP contribution in [0.1, 0.15) is 17.1 Å². The van der Waals surface area contributed by atoms with E-state index in [0.29, 0.717) is 27.9 Å². The summed E-state index contributed by atoms with van der Waals surface area (Å²) < 4.78 is 37.7. The van der Waals surface area contributed by atoms with Gasteiger partial charge in [0.1, 0.15) is 5.82 Å². The summed E-state index contributed by atoms with van der Waals surface area (Å²) in [6.45, 7) is 3.68. The van der Waals surface area contributed by atoms with E-state index in [4.69, 9.17) is 20.5 Å². The first kappa shape index (κ1) is 18.7. The number of rotatable bonds is 5. The molecule has 1 N–H and O–H groups in total. The van der Waals surface area contributed by atoms with Gasteiger partial charge in [-0.1, -0.05) is 16.8 Å². The van der Waals surface area contributed by atoms with Gasteiger partial charge in [-0.2, -0.15) is 4.31 Å². The average Bonchev–Trinajstić information content (AvgIpc) is 3.34. The molecule has 4 rings (SSSR count). The van der Waals surface area contributed by atoms with Crippen molar-refractivity contribution in [3.05, 3.63) is 52.4 Å². The van der Waals surface area contributed by atoms with Crippen LogP contribution in [0.3, 0.4) is 0 Å². The van der Waals surface area contributed by atoms with Crippen molar-refractivity contribution in [2.24, 2.45) is 0 Å². The second-order valence-corrected chi connectivity index (χ2v) is 8.86. The summed E-state index contributed by atoms with van der Waals surface area (Å²) in [5, 5.41) is 4.26. The maximum Gasteiger partial charge on any atom is 0.276 e. The van der Waals surface area contributed by atoms with Gasteiger partial charge in [-0.15, -0.1) is 0 Å². The summed E-state index contributed by atoms with van der Waals surface area (Å²) in [5.74, 6) is 1.22. The molecule has 10 heteroatoms. The summed E-state index contributed by atoms with van der Waals surface area (Å²) in [7, 11) is -2.40. The number of halogens is 1. The number of aromatic nitrogens is 3. The van der Waals surface area contributed by atoms with Crippen molar-refractivity contribution >= 4 is 32.7 Å². The highest BCUT2D eigenvalue weighted by atomic mass is 35.5. The molecule has 0 saturated heterocycles. The normalized spacial score (nSPS) is 12.3. The van der Waals surface area contributed by atoms with Gasteiger partial charge < -0.3 is 13.9 Å². The minimum atomic E-state index is -3.86. The Morgan fingerprint density at radius 3 is 2.71 bits per heavy atom. The summed E-state index contributed by atoms with van der Waals surface area (Å²) in [5.41, 5.74) is 2.97. The first-order chi connectivity index (χ1) is 13.3. The van der Waals surface area contributed by atoms with Crippen LogP contribution in [0.4, 0.5) is 0 Å². The predicted octanol–water partition coefficient (Wildman–Crippen LogP) is 3.90. The van der Waals surface area contributed by atoms with Crippen LogP contribution < -0.4 is 0 Å². The number of benzene rings is 1. The molecular formula is C18H17ClN4O4S. The molecule has 3 aromatic heterocycles. The standard InChI is InChI=1S/C18H17ClN4O4S/c1-10-11(2)22-27-18(10)15-6-7-17(26-15)28(24,25)23(3)9-16-20-13-5-4-12(19)8-14(13)21-16/h4-8H,9H2,1-3H3,(H,20,21). The Morgan fingerprint density at radius 2 is 2.00 bits per heavy atom. The van der Waals surface area contributed by atoms with Crippen molar-refractivity contribution in [3.63, 3.8) is 0 Å². The van der Waals surface area contributed by atoms with Crippen LogP contribution in [0.15, 0.2) is 44.4 Å². The molecule has 3 heterocycles. The van der Waals surface area contributed by atoms with E-state index >= 15 is 0 Å². The zero-order chi connectivity index (χ0) is 20.1. The minimum Gasteiger partial charge on any atom is -0.440 e. The predicted molar refractivity (Wildman–Crippen MR) is 103 cm³/mol. The van der Waals surface area contributed by atoms with Gasteiger partial charge in [-0.05, 0) is 44.2 Å². The number of sulfonamides is 1. The molecule has 8 nitrogen and oxygen atoms in total. The number of fused-ring (bicyclic) bond motifs is 1. The molecule has 0 fully saturated rings. The van der Waals surface area contributed by atoms with Crippen molar-refractivity contribution in [2.75, 3.05) is 7.05 Å². The van der Waals surface area contributed by atoms with E-state index in [9.17, 15) is 8.42 Å². The van der Waals surface area contributed by atoms with Gasteiger partial charge >= 0.3 is 0 Å². The second kappa shape index (κ2) is 6.77. The third-order valence-electron chi connectivity index (χ3n) is 4.49. The fraction of sp³-hybridized carbons (Fsp3) is 0.222.